The summed E-state index contributed by atoms with van der Waals surface area (Å²) >= 11 is 0. The van der Waals surface area contributed by atoms with Crippen LogP contribution >= 0.6 is 0 Å². The van der Waals surface area contributed by atoms with Gasteiger partial charge in [0.1, 0.15) is 0 Å². The fourth-order valence-corrected chi connectivity index (χ4v) is 2.30. The molecule has 0 heterocycles. The fourth-order valence-electron chi connectivity index (χ4n) is 2.00. The summed E-state index contributed by atoms with van der Waals surface area (Å²) in [6, 6.07) is 18.4. The molecule has 2 aromatic carbocycles. The Morgan fingerprint density at radius 1 is 0.958 bits per heavy atom. The average molecular weight is 346 g/mol. The van der Waals surface area contributed by atoms with Crippen molar-refractivity contribution in [1.82, 2.24) is 4.72 Å². The summed E-state index contributed by atoms with van der Waals surface area (Å²) in [7, 11) is -2.57. The number of thiol groups is 1. The zero-order valence-electron chi connectivity index (χ0n) is 15.0. The Kier molecular flexibility index (Phi) is 7.72. The van der Waals surface area contributed by atoms with Crippen molar-refractivity contribution in [1.29, 1.82) is 0 Å². The Morgan fingerprint density at radius 2 is 1.50 bits per heavy atom. The molecule has 2 rings (SSSR count). The Hall–Kier alpha value is -2.07. The lowest BCUT2D eigenvalue weighted by atomic mass is 9.86. The second-order valence-corrected chi connectivity index (χ2v) is 7.47. The van der Waals surface area contributed by atoms with E-state index in [9.17, 15) is 8.42 Å². The molecule has 0 bridgehead atoms. The van der Waals surface area contributed by atoms with Gasteiger partial charge in [-0.15, -0.1) is 0 Å². The van der Waals surface area contributed by atoms with Gasteiger partial charge in [0.15, 0.2) is 0 Å². The molecule has 0 spiro atoms. The maximum atomic E-state index is 10.4. The normalized spacial score (nSPS) is 11.7. The van der Waals surface area contributed by atoms with Gasteiger partial charge in [-0.05, 0) is 36.0 Å². The minimum Gasteiger partial charge on any atom is -0.292 e. The fraction of sp³-hybridized carbons (Fsp3) is 0.300. The molecule has 0 saturated heterocycles. The van der Waals surface area contributed by atoms with Crippen molar-refractivity contribution in [2.75, 3.05) is 0 Å². The van der Waals surface area contributed by atoms with Crippen LogP contribution in [0, 0.1) is 6.92 Å². The smallest absolute Gasteiger partial charge is 0.222 e. The molecule has 0 aliphatic rings. The Bertz CT molecular complexity index is 716. The number of aryl methyl sites for hydroxylation is 1. The highest BCUT2D eigenvalue weighted by Gasteiger charge is 2.12. The van der Waals surface area contributed by atoms with E-state index >= 15 is 0 Å². The van der Waals surface area contributed by atoms with Gasteiger partial charge in [0, 0.05) is 6.20 Å². The molecule has 130 valence electrons. The molecular formula is C20H27NO2S. The summed E-state index contributed by atoms with van der Waals surface area (Å²) < 4.78 is 23.1. The molecule has 24 heavy (non-hydrogen) atoms. The van der Waals surface area contributed by atoms with Crippen LogP contribution in [0.25, 0.3) is 5.57 Å². The second-order valence-electron chi connectivity index (χ2n) is 6.70. The summed E-state index contributed by atoms with van der Waals surface area (Å²) in [4.78, 5) is 0. The van der Waals surface area contributed by atoms with E-state index in [1.54, 1.807) is 0 Å². The lowest BCUT2D eigenvalue weighted by molar-refractivity contribution is 0.590. The first-order chi connectivity index (χ1) is 11.2. The number of hydrogen-bond acceptors (Lipinski definition) is 2. The van der Waals surface area contributed by atoms with Gasteiger partial charge >= 0.3 is 0 Å². The van der Waals surface area contributed by atoms with E-state index < -0.39 is 10.9 Å². The molecule has 0 fully saturated rings. The third-order valence-electron chi connectivity index (χ3n) is 3.53. The van der Waals surface area contributed by atoms with Crippen molar-refractivity contribution in [2.45, 2.75) is 40.0 Å². The average Bonchev–Trinajstić information content (AvgIpc) is 2.53. The van der Waals surface area contributed by atoms with Crippen LogP contribution in [0.2, 0.25) is 0 Å². The van der Waals surface area contributed by atoms with Crippen molar-refractivity contribution in [3.63, 3.8) is 0 Å². The Labute approximate surface area is 147 Å². The maximum Gasteiger partial charge on any atom is 0.222 e. The van der Waals surface area contributed by atoms with Crippen LogP contribution in [-0.2, 0) is 16.3 Å². The molecule has 0 aliphatic carbocycles. The maximum absolute atomic E-state index is 10.4. The summed E-state index contributed by atoms with van der Waals surface area (Å²) in [6.45, 7) is 10.4. The first-order valence-corrected chi connectivity index (χ1v) is 9.08. The quantitative estimate of drug-likeness (QED) is 0.807. The van der Waals surface area contributed by atoms with E-state index in [2.05, 4.69) is 56.7 Å². The zero-order chi connectivity index (χ0) is 18.2. The number of nitrogens with one attached hydrogen (secondary N) is 1. The Morgan fingerprint density at radius 3 is 1.88 bits per heavy atom. The second kappa shape index (κ2) is 9.28. The predicted molar refractivity (Wildman–Crippen MR) is 103 cm³/mol. The molecule has 0 aromatic heterocycles. The minimum absolute atomic E-state index is 0.132. The molecule has 2 aromatic rings. The van der Waals surface area contributed by atoms with Gasteiger partial charge in [-0.2, -0.15) is 0 Å². The molecule has 0 unspecified atom stereocenters. The van der Waals surface area contributed by atoms with Gasteiger partial charge < -0.3 is 0 Å². The van der Waals surface area contributed by atoms with E-state index in [1.165, 1.54) is 17.3 Å². The van der Waals surface area contributed by atoms with Gasteiger partial charge in [-0.3, -0.25) is 4.72 Å². The van der Waals surface area contributed by atoms with Crippen LogP contribution < -0.4 is 4.72 Å². The third kappa shape index (κ3) is 7.47. The van der Waals surface area contributed by atoms with E-state index in [4.69, 9.17) is 0 Å². The van der Waals surface area contributed by atoms with E-state index in [-0.39, 0.29) is 5.41 Å². The van der Waals surface area contributed by atoms with Gasteiger partial charge in [0.25, 0.3) is 0 Å². The topological polar surface area (TPSA) is 46.2 Å². The predicted octanol–water partition coefficient (Wildman–Crippen LogP) is 4.46. The van der Waals surface area contributed by atoms with E-state index in [1.807, 2.05) is 37.3 Å². The SMILES string of the molecule is CC(=CN[SH](=O)=O)c1ccc(C(C)(C)C)cc1.Cc1ccccc1. The first kappa shape index (κ1) is 20.0. The molecule has 4 heteroatoms. The lowest BCUT2D eigenvalue weighted by Gasteiger charge is -2.19. The molecule has 0 saturated carbocycles. The van der Waals surface area contributed by atoms with Gasteiger partial charge in [0.05, 0.1) is 0 Å². The van der Waals surface area contributed by atoms with E-state index in [0.29, 0.717) is 0 Å². The van der Waals surface area contributed by atoms with Gasteiger partial charge in [-0.25, -0.2) is 8.42 Å². The van der Waals surface area contributed by atoms with Crippen molar-refractivity contribution in [2.24, 2.45) is 0 Å². The first-order valence-electron chi connectivity index (χ1n) is 7.90. The van der Waals surface area contributed by atoms with Crippen molar-refractivity contribution < 1.29 is 8.42 Å². The van der Waals surface area contributed by atoms with Crippen LogP contribution in [0.5, 0.6) is 0 Å². The van der Waals surface area contributed by atoms with Gasteiger partial charge in [0.2, 0.25) is 10.9 Å². The number of benzene rings is 2. The molecule has 0 radical (unpaired) electrons. The Balaban J connectivity index is 0.000000341. The largest absolute Gasteiger partial charge is 0.292 e. The summed E-state index contributed by atoms with van der Waals surface area (Å²) in [5.74, 6) is 0. The van der Waals surface area contributed by atoms with Crippen LogP contribution in [0.3, 0.4) is 0 Å². The molecular weight excluding hydrogens is 318 g/mol. The third-order valence-corrected chi connectivity index (χ3v) is 3.87. The minimum atomic E-state index is -2.57. The van der Waals surface area contributed by atoms with Crippen molar-refractivity contribution in [3.8, 4) is 0 Å². The number of rotatable bonds is 3. The van der Waals surface area contributed by atoms with E-state index in [0.717, 1.165) is 11.1 Å². The highest BCUT2D eigenvalue weighted by atomic mass is 32.2. The summed E-state index contributed by atoms with van der Waals surface area (Å²) in [5.41, 5.74) is 4.62. The zero-order valence-corrected chi connectivity index (χ0v) is 15.9. The van der Waals surface area contributed by atoms with Gasteiger partial charge in [-0.1, -0.05) is 80.9 Å². The van der Waals surface area contributed by atoms with Crippen molar-refractivity contribution in [3.05, 3.63) is 77.5 Å². The highest BCUT2D eigenvalue weighted by Crippen LogP contribution is 2.23. The monoisotopic (exact) mass is 345 g/mol. The molecule has 0 amide bonds. The molecule has 3 nitrogen and oxygen atoms in total. The van der Waals surface area contributed by atoms with Crippen molar-refractivity contribution >= 4 is 16.5 Å². The summed E-state index contributed by atoms with van der Waals surface area (Å²) in [6.07, 6.45) is 1.50. The molecule has 0 atom stereocenters. The van der Waals surface area contributed by atoms with Crippen LogP contribution in [-0.4, -0.2) is 8.42 Å². The molecule has 1 N–H and O–H groups in total. The number of allylic oxidation sites excluding steroid dienone is 1. The summed E-state index contributed by atoms with van der Waals surface area (Å²) in [5, 5.41) is 0. The van der Waals surface area contributed by atoms with Crippen LogP contribution in [0.4, 0.5) is 0 Å². The van der Waals surface area contributed by atoms with Crippen LogP contribution in [0.1, 0.15) is 44.4 Å². The number of hydrogen-bond donors (Lipinski definition) is 2. The highest BCUT2D eigenvalue weighted by molar-refractivity contribution is 7.70. The molecule has 0 aliphatic heterocycles. The lowest BCUT2D eigenvalue weighted by Crippen LogP contribution is -2.10. The standard InChI is InChI=1S/C13H19NO2S.C7H8/c1-10(9-14-17(15)16)11-5-7-12(8-6-11)13(2,3)4;1-7-5-3-2-4-6-7/h5-9,17H,1-4H3,(H,14,15,16);2-6H,1H3. The van der Waals surface area contributed by atoms with Crippen LogP contribution in [0.15, 0.2) is 60.8 Å².